The highest BCUT2D eigenvalue weighted by atomic mass is 16.6. The summed E-state index contributed by atoms with van der Waals surface area (Å²) in [5, 5.41) is 13.5. The van der Waals surface area contributed by atoms with Gasteiger partial charge in [0, 0.05) is 23.2 Å². The normalized spacial score (nSPS) is 23.5. The third-order valence-corrected chi connectivity index (χ3v) is 5.14. The van der Waals surface area contributed by atoms with Crippen LogP contribution >= 0.6 is 0 Å². The number of H-pyrrole nitrogens is 1. The van der Waals surface area contributed by atoms with Gasteiger partial charge >= 0.3 is 6.09 Å². The number of hydrogen-bond acceptors (Lipinski definition) is 6. The number of alkyl carbamates (subject to hydrolysis) is 1. The van der Waals surface area contributed by atoms with E-state index in [0.29, 0.717) is 17.6 Å². The average Bonchev–Trinajstić information content (AvgIpc) is 3.01. The Kier molecular flexibility index (Phi) is 4.26. The molecule has 0 radical (unpaired) electrons. The first-order chi connectivity index (χ1) is 12.5. The molecule has 0 bridgehead atoms. The summed E-state index contributed by atoms with van der Waals surface area (Å²) in [7, 11) is 0. The first-order valence-electron chi connectivity index (χ1n) is 9.09. The molecule has 2 aromatic heterocycles. The molecule has 3 N–H and O–H groups in total. The Balaban J connectivity index is 1.30. The van der Waals surface area contributed by atoms with E-state index in [1.54, 1.807) is 12.4 Å². The van der Waals surface area contributed by atoms with Crippen LogP contribution in [0.5, 0.6) is 0 Å². The fourth-order valence-corrected chi connectivity index (χ4v) is 3.27. The Labute approximate surface area is 152 Å². The van der Waals surface area contributed by atoms with E-state index in [0.717, 1.165) is 43.5 Å². The molecule has 2 aromatic rings. The fraction of sp³-hybridized carbons (Fsp3) is 0.556. The number of carbonyl (C=O) groups excluding carboxylic acids is 1. The molecule has 2 aliphatic carbocycles. The second kappa shape index (κ2) is 6.59. The van der Waals surface area contributed by atoms with Gasteiger partial charge in [-0.15, -0.1) is 0 Å². The maximum Gasteiger partial charge on any atom is 0.407 e. The molecule has 0 spiro atoms. The lowest BCUT2D eigenvalue weighted by Crippen LogP contribution is -2.36. The lowest BCUT2D eigenvalue weighted by atomic mass is 10.0. The fourth-order valence-electron chi connectivity index (χ4n) is 3.27. The Morgan fingerprint density at radius 1 is 1.27 bits per heavy atom. The zero-order valence-electron chi connectivity index (χ0n) is 15.1. The van der Waals surface area contributed by atoms with Crippen molar-refractivity contribution < 1.29 is 9.53 Å². The molecule has 26 heavy (non-hydrogen) atoms. The van der Waals surface area contributed by atoms with Crippen molar-refractivity contribution in [2.24, 2.45) is 0 Å². The summed E-state index contributed by atoms with van der Waals surface area (Å²) in [6, 6.07) is 1.99. The van der Waals surface area contributed by atoms with E-state index in [-0.39, 0.29) is 17.7 Å². The topological polar surface area (TPSA) is 105 Å². The minimum atomic E-state index is -0.291. The van der Waals surface area contributed by atoms with E-state index in [1.165, 1.54) is 0 Å². The molecule has 0 saturated heterocycles. The molecule has 8 nitrogen and oxygen atoms in total. The zero-order chi connectivity index (χ0) is 18.1. The van der Waals surface area contributed by atoms with Crippen LogP contribution in [0.25, 0.3) is 0 Å². The van der Waals surface area contributed by atoms with Gasteiger partial charge in [0.15, 0.2) is 5.82 Å². The van der Waals surface area contributed by atoms with Crippen LogP contribution in [0, 0.1) is 6.92 Å². The molecule has 2 fully saturated rings. The number of aryl methyl sites for hydroxylation is 1. The van der Waals surface area contributed by atoms with Gasteiger partial charge in [0.05, 0.1) is 18.1 Å². The number of amides is 1. The molecule has 0 aromatic carbocycles. The van der Waals surface area contributed by atoms with Crippen molar-refractivity contribution in [1.82, 2.24) is 25.5 Å². The van der Waals surface area contributed by atoms with Crippen molar-refractivity contribution in [2.75, 3.05) is 5.32 Å². The molecular weight excluding hydrogens is 332 g/mol. The summed E-state index contributed by atoms with van der Waals surface area (Å²) in [6.45, 7) is 3.94. The molecule has 0 aliphatic heterocycles. The number of rotatable bonds is 5. The van der Waals surface area contributed by atoms with Gasteiger partial charge in [-0.25, -0.2) is 9.78 Å². The third kappa shape index (κ3) is 3.95. The lowest BCUT2D eigenvalue weighted by molar-refractivity contribution is 0.0967. The number of nitrogens with one attached hydrogen (secondary N) is 3. The number of nitrogens with zero attached hydrogens (tertiary/aromatic N) is 3. The van der Waals surface area contributed by atoms with Crippen molar-refractivity contribution in [2.45, 2.75) is 63.5 Å². The van der Waals surface area contributed by atoms with Gasteiger partial charge < -0.3 is 15.4 Å². The van der Waals surface area contributed by atoms with Gasteiger partial charge in [0.2, 0.25) is 0 Å². The molecule has 138 valence electrons. The van der Waals surface area contributed by atoms with Crippen LogP contribution in [0.15, 0.2) is 18.5 Å². The van der Waals surface area contributed by atoms with Crippen molar-refractivity contribution in [3.05, 3.63) is 29.8 Å². The number of aromatic amines is 1. The molecule has 4 rings (SSSR count). The maximum absolute atomic E-state index is 12.0. The lowest BCUT2D eigenvalue weighted by Gasteiger charge is -2.16. The second-order valence-electron chi connectivity index (χ2n) is 7.60. The molecule has 2 atom stereocenters. The predicted octanol–water partition coefficient (Wildman–Crippen LogP) is 3.17. The summed E-state index contributed by atoms with van der Waals surface area (Å²) in [4.78, 5) is 20.4. The molecular formula is C18H24N6O2. The number of aromatic nitrogens is 4. The molecule has 0 unspecified atom stereocenters. The van der Waals surface area contributed by atoms with Crippen LogP contribution < -0.4 is 10.6 Å². The van der Waals surface area contributed by atoms with Gasteiger partial charge in [0.1, 0.15) is 11.9 Å². The van der Waals surface area contributed by atoms with Crippen LogP contribution in [0.4, 0.5) is 16.4 Å². The van der Waals surface area contributed by atoms with Crippen LogP contribution in [0.1, 0.15) is 56.3 Å². The standard InChI is InChI=1S/C18H24N6O2/c1-11-9-20-16(10-19-11)21-15-8-14(23-24-15)12-3-4-13(7-12)26-17(25)22-18(2)5-6-18/h8-10,12-13H,3-7H2,1-2H3,(H,22,25)(H2,20,21,23,24)/t12-,13+/m0/s1. The minimum absolute atomic E-state index is 0.0370. The number of carbonyl (C=O) groups is 1. The highest BCUT2D eigenvalue weighted by Gasteiger charge is 2.40. The Morgan fingerprint density at radius 3 is 2.85 bits per heavy atom. The predicted molar refractivity (Wildman–Crippen MR) is 96.3 cm³/mol. The summed E-state index contributed by atoms with van der Waals surface area (Å²) in [5.41, 5.74) is 1.88. The number of hydrogen-bond donors (Lipinski definition) is 3. The number of anilines is 2. The van der Waals surface area contributed by atoms with Crippen molar-refractivity contribution in [3.63, 3.8) is 0 Å². The summed E-state index contributed by atoms with van der Waals surface area (Å²) >= 11 is 0. The van der Waals surface area contributed by atoms with Gasteiger partial charge in [-0.2, -0.15) is 5.10 Å². The highest BCUT2D eigenvalue weighted by molar-refractivity contribution is 5.69. The van der Waals surface area contributed by atoms with Crippen LogP contribution in [0.2, 0.25) is 0 Å². The van der Waals surface area contributed by atoms with E-state index in [4.69, 9.17) is 4.74 Å². The monoisotopic (exact) mass is 356 g/mol. The van der Waals surface area contributed by atoms with Crippen molar-refractivity contribution in [3.8, 4) is 0 Å². The van der Waals surface area contributed by atoms with E-state index >= 15 is 0 Å². The maximum atomic E-state index is 12.0. The third-order valence-electron chi connectivity index (χ3n) is 5.14. The molecule has 1 amide bonds. The SMILES string of the molecule is Cc1cnc(Nc2cc([C@H]3CC[C@@H](OC(=O)NC4(C)CC4)C3)[nH]n2)cn1. The second-order valence-corrected chi connectivity index (χ2v) is 7.60. The molecule has 2 saturated carbocycles. The molecule has 2 heterocycles. The van der Waals surface area contributed by atoms with E-state index in [1.807, 2.05) is 19.9 Å². The smallest absolute Gasteiger partial charge is 0.407 e. The van der Waals surface area contributed by atoms with Crippen molar-refractivity contribution in [1.29, 1.82) is 0 Å². The first-order valence-corrected chi connectivity index (χ1v) is 9.09. The van der Waals surface area contributed by atoms with Gasteiger partial charge in [-0.3, -0.25) is 10.1 Å². The average molecular weight is 356 g/mol. The van der Waals surface area contributed by atoms with Gasteiger partial charge in [0.25, 0.3) is 0 Å². The summed E-state index contributed by atoms with van der Waals surface area (Å²) in [5.74, 6) is 1.69. The summed E-state index contributed by atoms with van der Waals surface area (Å²) < 4.78 is 5.57. The van der Waals surface area contributed by atoms with Crippen LogP contribution in [-0.4, -0.2) is 37.9 Å². The Hall–Kier alpha value is -2.64. The highest BCUT2D eigenvalue weighted by Crippen LogP contribution is 2.37. The molecule has 2 aliphatic rings. The number of ether oxygens (including phenoxy) is 1. The summed E-state index contributed by atoms with van der Waals surface area (Å²) in [6.07, 6.45) is 7.79. The quantitative estimate of drug-likeness (QED) is 0.760. The van der Waals surface area contributed by atoms with Crippen molar-refractivity contribution >= 4 is 17.7 Å². The largest absolute Gasteiger partial charge is 0.446 e. The van der Waals surface area contributed by atoms with Gasteiger partial charge in [-0.1, -0.05) is 0 Å². The van der Waals surface area contributed by atoms with E-state index in [9.17, 15) is 4.79 Å². The Morgan fingerprint density at radius 2 is 2.12 bits per heavy atom. The van der Waals surface area contributed by atoms with E-state index in [2.05, 4.69) is 30.8 Å². The van der Waals surface area contributed by atoms with Gasteiger partial charge in [-0.05, 0) is 46.0 Å². The molecule has 8 heteroatoms. The van der Waals surface area contributed by atoms with E-state index < -0.39 is 0 Å². The minimum Gasteiger partial charge on any atom is -0.446 e. The van der Waals surface area contributed by atoms with Crippen LogP contribution in [0.3, 0.4) is 0 Å². The van der Waals surface area contributed by atoms with Crippen LogP contribution in [-0.2, 0) is 4.74 Å². The Bertz CT molecular complexity index is 783. The zero-order valence-corrected chi connectivity index (χ0v) is 15.1. The first kappa shape index (κ1) is 16.8.